The summed E-state index contributed by atoms with van der Waals surface area (Å²) in [7, 11) is 0. The highest BCUT2D eigenvalue weighted by molar-refractivity contribution is 5.85. The SMILES string of the molecule is Cc1cc(NCC2(O)CCOCC2)n2c(nc3ccccc32)c1C#N. The molecule has 2 aromatic heterocycles. The summed E-state index contributed by atoms with van der Waals surface area (Å²) in [5.74, 6) is 0.833. The van der Waals surface area contributed by atoms with E-state index < -0.39 is 5.60 Å². The van der Waals surface area contributed by atoms with E-state index in [4.69, 9.17) is 4.74 Å². The van der Waals surface area contributed by atoms with E-state index in [0.717, 1.165) is 22.4 Å². The highest BCUT2D eigenvalue weighted by Crippen LogP contribution is 2.28. The van der Waals surface area contributed by atoms with Crippen molar-refractivity contribution in [1.82, 2.24) is 9.38 Å². The summed E-state index contributed by atoms with van der Waals surface area (Å²) in [4.78, 5) is 4.64. The number of nitriles is 1. The third kappa shape index (κ3) is 2.72. The minimum atomic E-state index is -0.775. The fraction of sp³-hybridized carbons (Fsp3) is 0.368. The zero-order chi connectivity index (χ0) is 17.4. The van der Waals surface area contributed by atoms with E-state index >= 15 is 0 Å². The van der Waals surface area contributed by atoms with Crippen LogP contribution in [0.2, 0.25) is 0 Å². The van der Waals surface area contributed by atoms with Gasteiger partial charge >= 0.3 is 0 Å². The maximum Gasteiger partial charge on any atom is 0.157 e. The van der Waals surface area contributed by atoms with E-state index in [1.54, 1.807) is 0 Å². The smallest absolute Gasteiger partial charge is 0.157 e. The number of aliphatic hydroxyl groups is 1. The summed E-state index contributed by atoms with van der Waals surface area (Å²) in [5.41, 5.74) is 3.10. The molecule has 128 valence electrons. The maximum atomic E-state index is 10.7. The summed E-state index contributed by atoms with van der Waals surface area (Å²) >= 11 is 0. The average Bonchev–Trinajstić information content (AvgIpc) is 3.00. The number of aryl methyl sites for hydroxylation is 1. The predicted molar refractivity (Wildman–Crippen MR) is 95.6 cm³/mol. The van der Waals surface area contributed by atoms with Gasteiger partial charge in [-0.1, -0.05) is 12.1 Å². The van der Waals surface area contributed by atoms with E-state index in [2.05, 4.69) is 16.4 Å². The minimum Gasteiger partial charge on any atom is -0.388 e. The molecule has 0 unspecified atom stereocenters. The van der Waals surface area contributed by atoms with E-state index in [1.165, 1.54) is 0 Å². The highest BCUT2D eigenvalue weighted by Gasteiger charge is 2.30. The molecule has 3 heterocycles. The monoisotopic (exact) mass is 336 g/mol. The molecule has 1 aliphatic rings. The fourth-order valence-electron chi connectivity index (χ4n) is 3.41. The van der Waals surface area contributed by atoms with Crippen molar-refractivity contribution in [2.75, 3.05) is 25.1 Å². The number of para-hydroxylation sites is 2. The van der Waals surface area contributed by atoms with Crippen LogP contribution in [-0.4, -0.2) is 39.9 Å². The van der Waals surface area contributed by atoms with Crippen LogP contribution in [0.1, 0.15) is 24.0 Å². The van der Waals surface area contributed by atoms with Crippen LogP contribution in [0.4, 0.5) is 5.82 Å². The summed E-state index contributed by atoms with van der Waals surface area (Å²) in [6, 6.07) is 12.0. The van der Waals surface area contributed by atoms with Crippen molar-refractivity contribution in [1.29, 1.82) is 5.26 Å². The van der Waals surface area contributed by atoms with E-state index in [-0.39, 0.29) is 0 Å². The summed E-state index contributed by atoms with van der Waals surface area (Å²) in [6.45, 7) is 3.50. The van der Waals surface area contributed by atoms with Crippen LogP contribution in [0.15, 0.2) is 30.3 Å². The van der Waals surface area contributed by atoms with Crippen LogP contribution in [-0.2, 0) is 4.74 Å². The molecule has 0 atom stereocenters. The molecule has 1 aliphatic heterocycles. The molecule has 0 spiro atoms. The number of pyridine rings is 1. The Morgan fingerprint density at radius 2 is 2.12 bits per heavy atom. The maximum absolute atomic E-state index is 10.7. The first-order valence-corrected chi connectivity index (χ1v) is 8.46. The summed E-state index contributed by atoms with van der Waals surface area (Å²) in [6.07, 6.45) is 1.23. The Morgan fingerprint density at radius 1 is 1.36 bits per heavy atom. The Kier molecular flexibility index (Phi) is 3.83. The number of imidazole rings is 1. The number of nitrogens with zero attached hydrogens (tertiary/aromatic N) is 3. The zero-order valence-electron chi connectivity index (χ0n) is 14.1. The first kappa shape index (κ1) is 15.9. The lowest BCUT2D eigenvalue weighted by atomic mass is 9.94. The van der Waals surface area contributed by atoms with Gasteiger partial charge in [0, 0.05) is 32.6 Å². The normalized spacial score (nSPS) is 16.8. The van der Waals surface area contributed by atoms with Gasteiger partial charge in [-0.2, -0.15) is 5.26 Å². The van der Waals surface area contributed by atoms with Crippen molar-refractivity contribution in [2.24, 2.45) is 0 Å². The molecule has 0 saturated carbocycles. The number of ether oxygens (including phenoxy) is 1. The van der Waals surface area contributed by atoms with Gasteiger partial charge in [0.2, 0.25) is 0 Å². The van der Waals surface area contributed by atoms with Crippen LogP contribution in [0.3, 0.4) is 0 Å². The number of hydrogen-bond acceptors (Lipinski definition) is 5. The lowest BCUT2D eigenvalue weighted by Crippen LogP contribution is -2.42. The number of anilines is 1. The molecule has 0 aliphatic carbocycles. The Labute approximate surface area is 145 Å². The third-order valence-corrected chi connectivity index (χ3v) is 4.91. The molecule has 3 aromatic rings. The molecular formula is C19H20N4O2. The van der Waals surface area contributed by atoms with E-state index in [9.17, 15) is 10.4 Å². The fourth-order valence-corrected chi connectivity index (χ4v) is 3.41. The average molecular weight is 336 g/mol. The summed E-state index contributed by atoms with van der Waals surface area (Å²) < 4.78 is 7.30. The molecule has 0 radical (unpaired) electrons. The quantitative estimate of drug-likeness (QED) is 0.768. The molecule has 0 amide bonds. The Morgan fingerprint density at radius 3 is 2.88 bits per heavy atom. The molecule has 2 N–H and O–H groups in total. The Balaban J connectivity index is 1.81. The molecule has 6 nitrogen and oxygen atoms in total. The van der Waals surface area contributed by atoms with Gasteiger partial charge in [0.15, 0.2) is 5.65 Å². The van der Waals surface area contributed by atoms with Crippen LogP contribution in [0.5, 0.6) is 0 Å². The number of benzene rings is 1. The molecule has 1 aromatic carbocycles. The number of aromatic nitrogens is 2. The Hall–Kier alpha value is -2.62. The van der Waals surface area contributed by atoms with Crippen molar-refractivity contribution in [3.05, 3.63) is 41.5 Å². The molecule has 25 heavy (non-hydrogen) atoms. The Bertz CT molecular complexity index is 980. The zero-order valence-corrected chi connectivity index (χ0v) is 14.1. The second-order valence-corrected chi connectivity index (χ2v) is 6.65. The minimum absolute atomic E-state index is 0.434. The molecule has 4 rings (SSSR count). The van der Waals surface area contributed by atoms with Gasteiger partial charge in [-0.3, -0.25) is 4.40 Å². The van der Waals surface area contributed by atoms with Gasteiger partial charge in [-0.25, -0.2) is 4.98 Å². The molecule has 0 bridgehead atoms. The van der Waals surface area contributed by atoms with Crippen molar-refractivity contribution < 1.29 is 9.84 Å². The third-order valence-electron chi connectivity index (χ3n) is 4.91. The predicted octanol–water partition coefficient (Wildman–Crippen LogP) is 2.62. The first-order valence-electron chi connectivity index (χ1n) is 8.46. The second kappa shape index (κ2) is 6.03. The van der Waals surface area contributed by atoms with Crippen molar-refractivity contribution in [2.45, 2.75) is 25.4 Å². The molecule has 6 heteroatoms. The first-order chi connectivity index (χ1) is 12.1. The number of fused-ring (bicyclic) bond motifs is 3. The summed E-state index contributed by atoms with van der Waals surface area (Å²) in [5, 5.41) is 23.6. The van der Waals surface area contributed by atoms with Crippen LogP contribution < -0.4 is 5.32 Å². The number of hydrogen-bond donors (Lipinski definition) is 2. The molecule has 1 saturated heterocycles. The van der Waals surface area contributed by atoms with Gasteiger partial charge in [0.05, 0.1) is 22.2 Å². The topological polar surface area (TPSA) is 82.6 Å². The molecular weight excluding hydrogens is 316 g/mol. The van der Waals surface area contributed by atoms with Gasteiger partial charge in [-0.05, 0) is 30.7 Å². The van der Waals surface area contributed by atoms with Crippen LogP contribution >= 0.6 is 0 Å². The number of nitrogens with one attached hydrogen (secondary N) is 1. The number of rotatable bonds is 3. The van der Waals surface area contributed by atoms with Crippen LogP contribution in [0.25, 0.3) is 16.7 Å². The van der Waals surface area contributed by atoms with Crippen molar-refractivity contribution in [3.63, 3.8) is 0 Å². The van der Waals surface area contributed by atoms with E-state index in [1.807, 2.05) is 41.7 Å². The highest BCUT2D eigenvalue weighted by atomic mass is 16.5. The van der Waals surface area contributed by atoms with Gasteiger partial charge in [-0.15, -0.1) is 0 Å². The lowest BCUT2D eigenvalue weighted by Gasteiger charge is -2.32. The van der Waals surface area contributed by atoms with E-state index in [0.29, 0.717) is 43.8 Å². The largest absolute Gasteiger partial charge is 0.388 e. The van der Waals surface area contributed by atoms with Crippen molar-refractivity contribution >= 4 is 22.5 Å². The van der Waals surface area contributed by atoms with Gasteiger partial charge < -0.3 is 15.2 Å². The van der Waals surface area contributed by atoms with Crippen LogP contribution in [0, 0.1) is 18.3 Å². The standard InChI is InChI=1S/C19H20N4O2/c1-13-10-17(21-12-19(24)6-8-25-9-7-19)23-16-5-3-2-4-15(16)22-18(23)14(13)11-20/h2-5,10,21,24H,6-9,12H2,1H3. The molecule has 1 fully saturated rings. The lowest BCUT2D eigenvalue weighted by molar-refractivity contribution is -0.0543. The van der Waals surface area contributed by atoms with Crippen molar-refractivity contribution in [3.8, 4) is 6.07 Å². The second-order valence-electron chi connectivity index (χ2n) is 6.65. The van der Waals surface area contributed by atoms with Gasteiger partial charge in [0.25, 0.3) is 0 Å². The van der Waals surface area contributed by atoms with Gasteiger partial charge in [0.1, 0.15) is 11.9 Å².